The highest BCUT2D eigenvalue weighted by atomic mass is 32.2. The van der Waals surface area contributed by atoms with E-state index in [2.05, 4.69) is 10.3 Å². The Kier molecular flexibility index (Phi) is 5.58. The molecule has 0 aliphatic carbocycles. The van der Waals surface area contributed by atoms with Gasteiger partial charge in [-0.05, 0) is 26.0 Å². The van der Waals surface area contributed by atoms with E-state index >= 15 is 0 Å². The van der Waals surface area contributed by atoms with Gasteiger partial charge in [0, 0.05) is 29.8 Å². The van der Waals surface area contributed by atoms with Gasteiger partial charge in [-0.25, -0.2) is 18.2 Å². The third-order valence-electron chi connectivity index (χ3n) is 5.06. The Bertz CT molecular complexity index is 1330. The van der Waals surface area contributed by atoms with Gasteiger partial charge in [0.25, 0.3) is 5.91 Å². The number of sulfonamides is 1. The van der Waals surface area contributed by atoms with Crippen molar-refractivity contribution < 1.29 is 22.4 Å². The summed E-state index contributed by atoms with van der Waals surface area (Å²) in [5.41, 5.74) is 0.0801. The minimum absolute atomic E-state index is 0.155. The van der Waals surface area contributed by atoms with Gasteiger partial charge in [0.15, 0.2) is 16.5 Å². The highest BCUT2D eigenvalue weighted by Gasteiger charge is 2.31. The molecule has 3 aromatic rings. The van der Waals surface area contributed by atoms with Crippen LogP contribution in [0.25, 0.3) is 11.0 Å². The summed E-state index contributed by atoms with van der Waals surface area (Å²) in [6.45, 7) is 3.86. The van der Waals surface area contributed by atoms with Crippen LogP contribution >= 0.6 is 11.3 Å². The molecule has 1 aromatic carbocycles. The van der Waals surface area contributed by atoms with E-state index in [9.17, 15) is 18.0 Å². The molecule has 0 fully saturated rings. The Balaban J connectivity index is 1.58. The van der Waals surface area contributed by atoms with Crippen LogP contribution in [0.3, 0.4) is 0 Å². The van der Waals surface area contributed by atoms with E-state index in [0.717, 1.165) is 10.6 Å². The molecule has 4 rings (SSSR count). The van der Waals surface area contributed by atoms with Crippen molar-refractivity contribution in [2.75, 3.05) is 19.0 Å². The molecule has 0 unspecified atom stereocenters. The van der Waals surface area contributed by atoms with E-state index in [-0.39, 0.29) is 17.7 Å². The predicted molar refractivity (Wildman–Crippen MR) is 117 cm³/mol. The second kappa shape index (κ2) is 8.06. The average molecular weight is 464 g/mol. The molecular formula is C20H21N3O6S2. The summed E-state index contributed by atoms with van der Waals surface area (Å²) in [5.74, 6) is -0.244. The van der Waals surface area contributed by atoms with Crippen molar-refractivity contribution in [3.05, 3.63) is 50.8 Å². The quantitative estimate of drug-likeness (QED) is 0.578. The Morgan fingerprint density at radius 1 is 1.35 bits per heavy atom. The fraction of sp³-hybridized carbons (Fsp3) is 0.350. The maximum Gasteiger partial charge on any atom is 0.349 e. The summed E-state index contributed by atoms with van der Waals surface area (Å²) in [7, 11) is -1.91. The molecular weight excluding hydrogens is 442 g/mol. The summed E-state index contributed by atoms with van der Waals surface area (Å²) in [6, 6.07) is 6.55. The van der Waals surface area contributed by atoms with Crippen LogP contribution in [0.5, 0.6) is 5.75 Å². The van der Waals surface area contributed by atoms with Crippen LogP contribution in [0.2, 0.25) is 0 Å². The van der Waals surface area contributed by atoms with Gasteiger partial charge >= 0.3 is 5.63 Å². The van der Waals surface area contributed by atoms with Crippen LogP contribution in [0.1, 0.15) is 34.8 Å². The van der Waals surface area contributed by atoms with Gasteiger partial charge in [0.05, 0.1) is 18.1 Å². The molecule has 164 valence electrons. The molecule has 0 saturated carbocycles. The highest BCUT2D eigenvalue weighted by Crippen LogP contribution is 2.31. The van der Waals surface area contributed by atoms with Crippen molar-refractivity contribution in [3.8, 4) is 5.75 Å². The molecule has 31 heavy (non-hydrogen) atoms. The van der Waals surface area contributed by atoms with E-state index in [1.165, 1.54) is 28.8 Å². The lowest BCUT2D eigenvalue weighted by atomic mass is 10.1. The number of nitrogens with zero attached hydrogens (tertiary/aromatic N) is 2. The Labute approximate surface area is 182 Å². The second-order valence-corrected chi connectivity index (χ2v) is 10.9. The maximum absolute atomic E-state index is 12.7. The zero-order valence-electron chi connectivity index (χ0n) is 17.2. The normalized spacial score (nSPS) is 14.6. The monoisotopic (exact) mass is 463 g/mol. The number of ether oxygens (including phenoxy) is 1. The fourth-order valence-corrected chi connectivity index (χ4v) is 5.69. The third kappa shape index (κ3) is 3.95. The molecule has 0 atom stereocenters. The lowest BCUT2D eigenvalue weighted by molar-refractivity contribution is 0.102. The number of methoxy groups -OCH3 is 1. The summed E-state index contributed by atoms with van der Waals surface area (Å²) < 4.78 is 36.8. The summed E-state index contributed by atoms with van der Waals surface area (Å²) in [5, 5.41) is 2.99. The van der Waals surface area contributed by atoms with Crippen molar-refractivity contribution in [2.45, 2.75) is 32.1 Å². The molecule has 9 nitrogen and oxygen atoms in total. The minimum atomic E-state index is -3.37. The molecule has 0 bridgehead atoms. The molecule has 1 N–H and O–H groups in total. The number of para-hydroxylation sites is 1. The molecule has 2 aromatic heterocycles. The topological polar surface area (TPSA) is 119 Å². The molecule has 0 saturated heterocycles. The smallest absolute Gasteiger partial charge is 0.349 e. The first-order valence-electron chi connectivity index (χ1n) is 9.60. The van der Waals surface area contributed by atoms with Crippen LogP contribution in [0, 0.1) is 0 Å². The number of anilines is 1. The first kappa shape index (κ1) is 21.5. The number of carbonyl (C=O) groups is 1. The number of fused-ring (bicyclic) bond motifs is 2. The van der Waals surface area contributed by atoms with Crippen LogP contribution in [-0.4, -0.2) is 42.5 Å². The van der Waals surface area contributed by atoms with Crippen LogP contribution < -0.4 is 15.7 Å². The number of amides is 1. The summed E-state index contributed by atoms with van der Waals surface area (Å²) >= 11 is 1.20. The van der Waals surface area contributed by atoms with Crippen molar-refractivity contribution >= 4 is 43.4 Å². The average Bonchev–Trinajstić information content (AvgIpc) is 3.13. The Morgan fingerprint density at radius 3 is 2.84 bits per heavy atom. The number of thiazole rings is 1. The highest BCUT2D eigenvalue weighted by molar-refractivity contribution is 7.89. The van der Waals surface area contributed by atoms with Gasteiger partial charge in [0.1, 0.15) is 5.56 Å². The van der Waals surface area contributed by atoms with Gasteiger partial charge in [-0.15, -0.1) is 11.3 Å². The van der Waals surface area contributed by atoms with E-state index in [0.29, 0.717) is 29.2 Å². The zero-order chi connectivity index (χ0) is 22.3. The number of nitrogens with one attached hydrogen (secondary N) is 1. The predicted octanol–water partition coefficient (Wildman–Crippen LogP) is 2.61. The van der Waals surface area contributed by atoms with E-state index in [1.54, 1.807) is 32.0 Å². The Morgan fingerprint density at radius 2 is 2.13 bits per heavy atom. The Hall–Kier alpha value is -2.76. The molecule has 1 aliphatic rings. The largest absolute Gasteiger partial charge is 0.493 e. The summed E-state index contributed by atoms with van der Waals surface area (Å²) in [6.07, 6.45) is 0.464. The number of hydrogen-bond donors (Lipinski definition) is 1. The number of hydrogen-bond acceptors (Lipinski definition) is 8. The second-order valence-electron chi connectivity index (χ2n) is 7.35. The molecule has 11 heteroatoms. The standard InChI is InChI=1S/C20H21N3O6S2/c1-11(2)31(26,27)23-8-7-14-16(10-23)30-20(21-14)22-18(24)13-9-12-5-4-6-15(28-3)17(12)29-19(13)25/h4-6,9,11H,7-8,10H2,1-3H3,(H,21,22,24). The minimum Gasteiger partial charge on any atom is -0.493 e. The molecule has 1 amide bonds. The third-order valence-corrected chi connectivity index (χ3v) is 8.28. The van der Waals surface area contributed by atoms with Crippen molar-refractivity contribution in [1.82, 2.24) is 9.29 Å². The van der Waals surface area contributed by atoms with Crippen molar-refractivity contribution in [1.29, 1.82) is 0 Å². The lowest BCUT2D eigenvalue weighted by Gasteiger charge is -2.26. The number of carbonyl (C=O) groups excluding carboxylic acids is 1. The van der Waals surface area contributed by atoms with Crippen LogP contribution in [0.4, 0.5) is 5.13 Å². The van der Waals surface area contributed by atoms with Gasteiger partial charge < -0.3 is 9.15 Å². The first-order chi connectivity index (χ1) is 14.7. The molecule has 3 heterocycles. The first-order valence-corrected chi connectivity index (χ1v) is 11.9. The molecule has 0 spiro atoms. The van der Waals surface area contributed by atoms with Crippen LogP contribution in [0.15, 0.2) is 33.5 Å². The maximum atomic E-state index is 12.7. The van der Waals surface area contributed by atoms with Crippen molar-refractivity contribution in [2.24, 2.45) is 0 Å². The van der Waals surface area contributed by atoms with Gasteiger partial charge in [-0.1, -0.05) is 12.1 Å². The summed E-state index contributed by atoms with van der Waals surface area (Å²) in [4.78, 5) is 30.3. The van der Waals surface area contributed by atoms with Crippen molar-refractivity contribution in [3.63, 3.8) is 0 Å². The molecule has 1 aliphatic heterocycles. The zero-order valence-corrected chi connectivity index (χ0v) is 18.8. The number of benzene rings is 1. The number of rotatable bonds is 5. The SMILES string of the molecule is COc1cccc2cc(C(=O)Nc3nc4c(s3)CN(S(=O)(=O)C(C)C)CC4)c(=O)oc12. The van der Waals surface area contributed by atoms with Gasteiger partial charge in [-0.3, -0.25) is 10.1 Å². The van der Waals surface area contributed by atoms with E-state index < -0.39 is 26.8 Å². The molecule has 0 radical (unpaired) electrons. The van der Waals surface area contributed by atoms with Gasteiger partial charge in [-0.2, -0.15) is 4.31 Å². The lowest BCUT2D eigenvalue weighted by Crippen LogP contribution is -2.39. The van der Waals surface area contributed by atoms with Crippen LogP contribution in [-0.2, 0) is 23.0 Å². The fourth-order valence-electron chi connectivity index (χ4n) is 3.34. The van der Waals surface area contributed by atoms with Gasteiger partial charge in [0.2, 0.25) is 10.0 Å². The van der Waals surface area contributed by atoms with E-state index in [4.69, 9.17) is 9.15 Å². The number of aromatic nitrogens is 1. The van der Waals surface area contributed by atoms with E-state index in [1.807, 2.05) is 0 Å².